The van der Waals surface area contributed by atoms with E-state index in [2.05, 4.69) is 31.9 Å². The van der Waals surface area contributed by atoms with E-state index in [-0.39, 0.29) is 5.69 Å². The van der Waals surface area contributed by atoms with Crippen molar-refractivity contribution < 1.29 is 13.2 Å². The molecule has 0 aliphatic carbocycles. The predicted octanol–water partition coefficient (Wildman–Crippen LogP) is 8.36. The second-order valence-electron chi connectivity index (χ2n) is 6.47. The van der Waals surface area contributed by atoms with Crippen LogP contribution in [-0.4, -0.2) is 4.57 Å². The lowest BCUT2D eigenvalue weighted by Crippen LogP contribution is -2.07. The highest BCUT2D eigenvalue weighted by molar-refractivity contribution is 9.10. The quantitative estimate of drug-likeness (QED) is 0.256. The van der Waals surface area contributed by atoms with Crippen LogP contribution in [0.4, 0.5) is 13.2 Å². The first-order valence-corrected chi connectivity index (χ1v) is 10.3. The molecule has 0 amide bonds. The molecule has 1 heterocycles. The summed E-state index contributed by atoms with van der Waals surface area (Å²) in [6.45, 7) is 0. The van der Waals surface area contributed by atoms with E-state index in [1.54, 1.807) is 41.0 Å². The van der Waals surface area contributed by atoms with Gasteiger partial charge in [-0.15, -0.1) is 0 Å². The molecule has 146 valence electrons. The van der Waals surface area contributed by atoms with E-state index in [0.29, 0.717) is 22.5 Å². The van der Waals surface area contributed by atoms with Gasteiger partial charge in [0.1, 0.15) is 0 Å². The van der Waals surface area contributed by atoms with E-state index in [9.17, 15) is 13.2 Å². The number of hydrogen-bond donors (Lipinski definition) is 0. The third kappa shape index (κ3) is 4.05. The fourth-order valence-corrected chi connectivity index (χ4v) is 3.83. The smallest absolute Gasteiger partial charge is 0.309 e. The predicted molar refractivity (Wildman–Crippen MR) is 117 cm³/mol. The molecule has 6 heteroatoms. The molecule has 0 fully saturated rings. The molecule has 0 spiro atoms. The molecule has 0 aliphatic heterocycles. The summed E-state index contributed by atoms with van der Waals surface area (Å²) in [5, 5.41) is 0. The van der Waals surface area contributed by atoms with E-state index >= 15 is 0 Å². The Balaban J connectivity index is 2.09. The molecule has 3 aromatic carbocycles. The fraction of sp³-hybridized carbons (Fsp3) is 0.0435. The number of benzene rings is 3. The monoisotopic (exact) mass is 519 g/mol. The van der Waals surface area contributed by atoms with Crippen molar-refractivity contribution in [2.45, 2.75) is 6.18 Å². The van der Waals surface area contributed by atoms with Crippen LogP contribution in [0.25, 0.3) is 28.2 Å². The molecule has 1 aromatic heterocycles. The normalized spacial score (nSPS) is 11.6. The van der Waals surface area contributed by atoms with Crippen LogP contribution < -0.4 is 0 Å². The Hall–Kier alpha value is -2.31. The lowest BCUT2D eigenvalue weighted by Gasteiger charge is -2.16. The van der Waals surface area contributed by atoms with Crippen LogP contribution in [0.5, 0.6) is 0 Å². The number of rotatable bonds is 3. The third-order valence-electron chi connectivity index (χ3n) is 4.58. The van der Waals surface area contributed by atoms with E-state index in [4.69, 9.17) is 0 Å². The summed E-state index contributed by atoms with van der Waals surface area (Å²) < 4.78 is 45.6. The minimum Gasteiger partial charge on any atom is -0.309 e. The van der Waals surface area contributed by atoms with Gasteiger partial charge in [-0.2, -0.15) is 13.2 Å². The molecule has 4 aromatic rings. The first-order valence-electron chi connectivity index (χ1n) is 8.75. The van der Waals surface area contributed by atoms with Gasteiger partial charge in [0.15, 0.2) is 0 Å². The maximum atomic E-state index is 14.1. The zero-order chi connectivity index (χ0) is 20.6. The van der Waals surface area contributed by atoms with Crippen LogP contribution in [0, 0.1) is 0 Å². The molecule has 29 heavy (non-hydrogen) atoms. The van der Waals surface area contributed by atoms with Gasteiger partial charge in [-0.25, -0.2) is 0 Å². The van der Waals surface area contributed by atoms with Crippen LogP contribution in [-0.2, 0) is 6.18 Å². The summed E-state index contributed by atoms with van der Waals surface area (Å²) in [4.78, 5) is 0. The molecule has 0 saturated heterocycles. The van der Waals surface area contributed by atoms with Crippen LogP contribution in [0.1, 0.15) is 5.56 Å². The van der Waals surface area contributed by atoms with Gasteiger partial charge in [-0.3, -0.25) is 0 Å². The van der Waals surface area contributed by atoms with Gasteiger partial charge in [0.2, 0.25) is 0 Å². The minimum absolute atomic E-state index is 0.117. The van der Waals surface area contributed by atoms with Crippen LogP contribution >= 0.6 is 31.9 Å². The number of alkyl halides is 3. The summed E-state index contributed by atoms with van der Waals surface area (Å²) in [6, 6.07) is 24.5. The highest BCUT2D eigenvalue weighted by Crippen LogP contribution is 2.43. The molecule has 1 nitrogen and oxygen atoms in total. The topological polar surface area (TPSA) is 4.93 Å². The Morgan fingerprint density at radius 1 is 0.655 bits per heavy atom. The van der Waals surface area contributed by atoms with Crippen molar-refractivity contribution >= 4 is 31.9 Å². The number of hydrogen-bond acceptors (Lipinski definition) is 0. The Morgan fingerprint density at radius 2 is 1.21 bits per heavy atom. The van der Waals surface area contributed by atoms with Crippen molar-refractivity contribution in [2.24, 2.45) is 0 Å². The van der Waals surface area contributed by atoms with Gasteiger partial charge in [0.05, 0.1) is 17.0 Å². The van der Waals surface area contributed by atoms with Gasteiger partial charge in [-0.05, 0) is 53.6 Å². The molecule has 0 radical (unpaired) electrons. The maximum Gasteiger partial charge on any atom is 0.418 e. The Kier molecular flexibility index (Phi) is 5.40. The van der Waals surface area contributed by atoms with Crippen molar-refractivity contribution in [1.29, 1.82) is 0 Å². The molecule has 0 unspecified atom stereocenters. The van der Waals surface area contributed by atoms with Crippen molar-refractivity contribution in [2.75, 3.05) is 0 Å². The number of nitrogens with zero attached hydrogens (tertiary/aromatic N) is 1. The lowest BCUT2D eigenvalue weighted by molar-refractivity contribution is -0.137. The van der Waals surface area contributed by atoms with Gasteiger partial charge in [0.25, 0.3) is 0 Å². The molecule has 0 N–H and O–H groups in total. The SMILES string of the molecule is FC(F)(F)c1cc(-c2ccccc2)n(-c2ccc(Br)cc2)c1-c1ccc(Br)cc1. The summed E-state index contributed by atoms with van der Waals surface area (Å²) >= 11 is 6.75. The van der Waals surface area contributed by atoms with Crippen molar-refractivity contribution in [3.8, 4) is 28.2 Å². The van der Waals surface area contributed by atoms with Gasteiger partial charge >= 0.3 is 6.18 Å². The Morgan fingerprint density at radius 3 is 1.76 bits per heavy atom. The third-order valence-corrected chi connectivity index (χ3v) is 5.64. The molecular formula is C23H14Br2F3N. The molecule has 0 bridgehead atoms. The Labute approximate surface area is 183 Å². The Bertz CT molecular complexity index is 1130. The lowest BCUT2D eigenvalue weighted by atomic mass is 10.1. The van der Waals surface area contributed by atoms with E-state index in [1.807, 2.05) is 42.5 Å². The summed E-state index contributed by atoms with van der Waals surface area (Å²) in [5.74, 6) is 0. The van der Waals surface area contributed by atoms with Gasteiger partial charge in [-0.1, -0.05) is 74.3 Å². The summed E-state index contributed by atoms with van der Waals surface area (Å²) in [7, 11) is 0. The van der Waals surface area contributed by atoms with Gasteiger partial charge < -0.3 is 4.57 Å². The number of halogens is 5. The molecule has 4 rings (SSSR count). The van der Waals surface area contributed by atoms with Crippen molar-refractivity contribution in [3.05, 3.63) is 99.4 Å². The van der Waals surface area contributed by atoms with E-state index in [1.165, 1.54) is 6.07 Å². The standard InChI is InChI=1S/C23H14Br2F3N/c24-17-8-6-16(7-9-17)22-20(23(26,27)28)14-21(15-4-2-1-3-5-15)29(22)19-12-10-18(25)11-13-19/h1-14H. The van der Waals surface area contributed by atoms with Crippen LogP contribution in [0.15, 0.2) is 93.9 Å². The zero-order valence-corrected chi connectivity index (χ0v) is 18.1. The van der Waals surface area contributed by atoms with E-state index in [0.717, 1.165) is 8.95 Å². The minimum atomic E-state index is -4.49. The molecular weight excluding hydrogens is 507 g/mol. The fourth-order valence-electron chi connectivity index (χ4n) is 3.30. The highest BCUT2D eigenvalue weighted by atomic mass is 79.9. The second kappa shape index (κ2) is 7.84. The maximum absolute atomic E-state index is 14.1. The second-order valence-corrected chi connectivity index (χ2v) is 8.31. The van der Waals surface area contributed by atoms with Crippen molar-refractivity contribution in [1.82, 2.24) is 4.57 Å². The average Bonchev–Trinajstić information content (AvgIpc) is 3.11. The van der Waals surface area contributed by atoms with Crippen LogP contribution in [0.2, 0.25) is 0 Å². The average molecular weight is 521 g/mol. The van der Waals surface area contributed by atoms with Crippen molar-refractivity contribution in [3.63, 3.8) is 0 Å². The molecule has 0 aliphatic rings. The molecule has 0 atom stereocenters. The zero-order valence-electron chi connectivity index (χ0n) is 14.9. The molecule has 0 saturated carbocycles. The van der Waals surface area contributed by atoms with Crippen LogP contribution in [0.3, 0.4) is 0 Å². The number of aromatic nitrogens is 1. The van der Waals surface area contributed by atoms with E-state index < -0.39 is 11.7 Å². The van der Waals surface area contributed by atoms with Gasteiger partial charge in [0, 0.05) is 14.6 Å². The first kappa shape index (κ1) is 20.0. The summed E-state index contributed by atoms with van der Waals surface area (Å²) in [5.41, 5.74) is 1.79. The largest absolute Gasteiger partial charge is 0.418 e. The first-order chi connectivity index (χ1) is 13.8. The summed E-state index contributed by atoms with van der Waals surface area (Å²) in [6.07, 6.45) is -4.49. The highest BCUT2D eigenvalue weighted by Gasteiger charge is 2.37.